The van der Waals surface area contributed by atoms with Gasteiger partial charge < -0.3 is 9.84 Å². The van der Waals surface area contributed by atoms with Crippen molar-refractivity contribution in [2.24, 2.45) is 0 Å². The van der Waals surface area contributed by atoms with E-state index in [0.29, 0.717) is 5.56 Å². The van der Waals surface area contributed by atoms with Crippen molar-refractivity contribution in [3.63, 3.8) is 0 Å². The fourth-order valence-electron chi connectivity index (χ4n) is 1.07. The van der Waals surface area contributed by atoms with Crippen molar-refractivity contribution < 1.29 is 38.3 Å². The van der Waals surface area contributed by atoms with E-state index in [4.69, 9.17) is 0 Å². The summed E-state index contributed by atoms with van der Waals surface area (Å²) >= 11 is 0. The number of rotatable bonds is 4. The molecule has 0 bridgehead atoms. The SMILES string of the molecule is CCOC(=O)/C([O-])=C/C(=O)c1ccccc1.[Li+]. The second-order valence-electron chi connectivity index (χ2n) is 2.96. The molecule has 0 aliphatic heterocycles. The second kappa shape index (κ2) is 7.72. The molecular formula is C12H11LiO4. The fourth-order valence-corrected chi connectivity index (χ4v) is 1.07. The molecule has 0 aromatic heterocycles. The Morgan fingerprint density at radius 1 is 1.29 bits per heavy atom. The Labute approximate surface area is 111 Å². The maximum absolute atomic E-state index is 11.5. The molecule has 0 radical (unpaired) electrons. The van der Waals surface area contributed by atoms with Gasteiger partial charge in [-0.05, 0) is 18.8 Å². The van der Waals surface area contributed by atoms with Crippen LogP contribution in [0.5, 0.6) is 0 Å². The monoisotopic (exact) mass is 226 g/mol. The molecule has 0 amide bonds. The second-order valence-corrected chi connectivity index (χ2v) is 2.96. The van der Waals surface area contributed by atoms with E-state index in [2.05, 4.69) is 4.74 Å². The zero-order valence-electron chi connectivity index (χ0n) is 9.80. The Bertz CT molecular complexity index is 412. The number of benzene rings is 1. The summed E-state index contributed by atoms with van der Waals surface area (Å²) in [5.74, 6) is -2.44. The van der Waals surface area contributed by atoms with Gasteiger partial charge in [-0.1, -0.05) is 30.3 Å². The van der Waals surface area contributed by atoms with Gasteiger partial charge in [-0.2, -0.15) is 0 Å². The maximum Gasteiger partial charge on any atom is 1.00 e. The first-order chi connectivity index (χ1) is 7.65. The minimum absolute atomic E-state index is 0. The summed E-state index contributed by atoms with van der Waals surface area (Å²) < 4.78 is 4.47. The zero-order chi connectivity index (χ0) is 12.0. The number of ether oxygens (including phenoxy) is 1. The van der Waals surface area contributed by atoms with E-state index in [1.165, 1.54) is 0 Å². The van der Waals surface area contributed by atoms with Crippen LogP contribution in [0.3, 0.4) is 0 Å². The Balaban J connectivity index is 0.00000256. The topological polar surface area (TPSA) is 66.4 Å². The van der Waals surface area contributed by atoms with Crippen molar-refractivity contribution in [2.45, 2.75) is 6.92 Å². The minimum atomic E-state index is -1.01. The molecule has 0 N–H and O–H groups in total. The minimum Gasteiger partial charge on any atom is -0.867 e. The Kier molecular flexibility index (Phi) is 7.04. The van der Waals surface area contributed by atoms with E-state index in [0.717, 1.165) is 6.08 Å². The summed E-state index contributed by atoms with van der Waals surface area (Å²) in [5, 5.41) is 11.2. The fraction of sp³-hybridized carbons (Fsp3) is 0.167. The predicted octanol–water partition coefficient (Wildman–Crippen LogP) is -2.32. The Hall–Kier alpha value is -1.50. The first kappa shape index (κ1) is 15.5. The zero-order valence-corrected chi connectivity index (χ0v) is 9.80. The van der Waals surface area contributed by atoms with Crippen LogP contribution in [0.1, 0.15) is 17.3 Å². The Morgan fingerprint density at radius 2 is 1.88 bits per heavy atom. The maximum atomic E-state index is 11.5. The molecule has 1 aromatic rings. The third kappa shape index (κ3) is 4.90. The van der Waals surface area contributed by atoms with Crippen LogP contribution in [-0.4, -0.2) is 18.4 Å². The van der Waals surface area contributed by atoms with Crippen LogP contribution in [-0.2, 0) is 9.53 Å². The molecule has 17 heavy (non-hydrogen) atoms. The molecule has 0 unspecified atom stereocenters. The van der Waals surface area contributed by atoms with Crippen molar-refractivity contribution >= 4 is 11.8 Å². The van der Waals surface area contributed by atoms with Gasteiger partial charge in [0.25, 0.3) is 0 Å². The molecule has 0 aliphatic carbocycles. The molecule has 0 spiro atoms. The van der Waals surface area contributed by atoms with Crippen LogP contribution in [0, 0.1) is 0 Å². The van der Waals surface area contributed by atoms with Gasteiger partial charge in [0, 0.05) is 5.56 Å². The molecule has 0 aliphatic rings. The number of carbonyl (C=O) groups is 2. The normalized spacial score (nSPS) is 10.3. The molecule has 0 fully saturated rings. The van der Waals surface area contributed by atoms with Crippen LogP contribution >= 0.6 is 0 Å². The molecule has 1 rings (SSSR count). The third-order valence-electron chi connectivity index (χ3n) is 1.80. The van der Waals surface area contributed by atoms with Gasteiger partial charge in [-0.3, -0.25) is 4.79 Å². The van der Waals surface area contributed by atoms with Crippen LogP contribution in [0.25, 0.3) is 0 Å². The van der Waals surface area contributed by atoms with Gasteiger partial charge in [-0.25, -0.2) is 4.79 Å². The summed E-state index contributed by atoms with van der Waals surface area (Å²) in [6.45, 7) is 1.70. The quantitative estimate of drug-likeness (QED) is 0.190. The number of esters is 1. The smallest absolute Gasteiger partial charge is 0.867 e. The molecule has 1 aromatic carbocycles. The van der Waals surface area contributed by atoms with Gasteiger partial charge in [0.1, 0.15) is 0 Å². The number of allylic oxidation sites excluding steroid dienone is 1. The van der Waals surface area contributed by atoms with Crippen molar-refractivity contribution in [2.75, 3.05) is 6.61 Å². The van der Waals surface area contributed by atoms with Gasteiger partial charge in [0.05, 0.1) is 6.61 Å². The number of hydrogen-bond acceptors (Lipinski definition) is 4. The van der Waals surface area contributed by atoms with E-state index in [1.807, 2.05) is 0 Å². The third-order valence-corrected chi connectivity index (χ3v) is 1.80. The van der Waals surface area contributed by atoms with Crippen LogP contribution in [0.4, 0.5) is 0 Å². The summed E-state index contributed by atoms with van der Waals surface area (Å²) in [6, 6.07) is 8.24. The summed E-state index contributed by atoms with van der Waals surface area (Å²) in [7, 11) is 0. The Morgan fingerprint density at radius 3 is 2.41 bits per heavy atom. The standard InChI is InChI=1S/C12H12O4.Li/c1-2-16-12(15)11(14)8-10(13)9-6-4-3-5-7-9;/h3-8,14H,2H2,1H3;/q;+1/p-1/b11-8-;. The molecule has 4 nitrogen and oxygen atoms in total. The predicted molar refractivity (Wildman–Crippen MR) is 55.5 cm³/mol. The molecule has 0 saturated carbocycles. The van der Waals surface area contributed by atoms with Crippen molar-refractivity contribution in [3.05, 3.63) is 47.7 Å². The van der Waals surface area contributed by atoms with E-state index in [9.17, 15) is 14.7 Å². The first-order valence-electron chi connectivity index (χ1n) is 4.80. The molecule has 0 heterocycles. The van der Waals surface area contributed by atoms with Crippen LogP contribution in [0.15, 0.2) is 42.2 Å². The van der Waals surface area contributed by atoms with E-state index in [1.54, 1.807) is 37.3 Å². The first-order valence-corrected chi connectivity index (χ1v) is 4.80. The molecule has 0 atom stereocenters. The van der Waals surface area contributed by atoms with E-state index >= 15 is 0 Å². The van der Waals surface area contributed by atoms with Gasteiger partial charge >= 0.3 is 24.8 Å². The summed E-state index contributed by atoms with van der Waals surface area (Å²) in [4.78, 5) is 22.4. The molecule has 84 valence electrons. The molecule has 5 heteroatoms. The molecular weight excluding hydrogens is 215 g/mol. The van der Waals surface area contributed by atoms with Gasteiger partial charge in [0.15, 0.2) is 5.78 Å². The molecule has 0 saturated heterocycles. The van der Waals surface area contributed by atoms with Gasteiger partial charge in [0.2, 0.25) is 0 Å². The number of carbonyl (C=O) groups excluding carboxylic acids is 2. The van der Waals surface area contributed by atoms with Crippen molar-refractivity contribution in [1.29, 1.82) is 0 Å². The van der Waals surface area contributed by atoms with E-state index < -0.39 is 17.5 Å². The number of hydrogen-bond donors (Lipinski definition) is 0. The van der Waals surface area contributed by atoms with Crippen LogP contribution in [0.2, 0.25) is 0 Å². The average Bonchev–Trinajstić information content (AvgIpc) is 2.30. The largest absolute Gasteiger partial charge is 1.00 e. The average molecular weight is 226 g/mol. The van der Waals surface area contributed by atoms with Gasteiger partial charge in [-0.15, -0.1) is 0 Å². The summed E-state index contributed by atoms with van der Waals surface area (Å²) in [6.07, 6.45) is 0.743. The van der Waals surface area contributed by atoms with E-state index in [-0.39, 0.29) is 25.5 Å². The van der Waals surface area contributed by atoms with Crippen molar-refractivity contribution in [1.82, 2.24) is 0 Å². The van der Waals surface area contributed by atoms with Crippen molar-refractivity contribution in [3.8, 4) is 0 Å². The number of ketones is 1. The van der Waals surface area contributed by atoms with Crippen LogP contribution < -0.4 is 24.0 Å². The summed E-state index contributed by atoms with van der Waals surface area (Å²) in [5.41, 5.74) is 0.361.